The second-order valence-corrected chi connectivity index (χ2v) is 7.23. The number of hydrogen-bond donors (Lipinski definition) is 2. The summed E-state index contributed by atoms with van der Waals surface area (Å²) in [7, 11) is 1.52. The molecule has 1 aliphatic carbocycles. The number of methoxy groups -OCH3 is 1. The number of nitrogens with zero attached hydrogens (tertiary/aromatic N) is 1. The smallest absolute Gasteiger partial charge is 0.329 e. The fraction of sp³-hybridized carbons (Fsp3) is 0.250. The first-order chi connectivity index (χ1) is 14.0. The summed E-state index contributed by atoms with van der Waals surface area (Å²) in [6.07, 6.45) is 3.21. The van der Waals surface area contributed by atoms with Gasteiger partial charge in [-0.2, -0.15) is 5.10 Å². The molecule has 1 saturated carbocycles. The van der Waals surface area contributed by atoms with Crippen molar-refractivity contribution in [2.24, 2.45) is 5.10 Å². The highest BCUT2D eigenvalue weighted by atomic mass is 35.5. The van der Waals surface area contributed by atoms with E-state index < -0.39 is 11.8 Å². The van der Waals surface area contributed by atoms with E-state index in [1.54, 1.807) is 36.4 Å². The third-order valence-electron chi connectivity index (χ3n) is 4.08. The molecule has 2 N–H and O–H groups in total. The second kappa shape index (κ2) is 9.62. The average Bonchev–Trinajstić information content (AvgIpc) is 3.51. The lowest BCUT2D eigenvalue weighted by molar-refractivity contribution is -0.139. The van der Waals surface area contributed by atoms with Crippen LogP contribution in [0, 0.1) is 0 Å². The summed E-state index contributed by atoms with van der Waals surface area (Å²) < 4.78 is 11.1. The zero-order valence-electron chi connectivity index (χ0n) is 15.6. The summed E-state index contributed by atoms with van der Waals surface area (Å²) in [5.41, 5.74) is 3.64. The van der Waals surface area contributed by atoms with Gasteiger partial charge >= 0.3 is 11.8 Å². The van der Waals surface area contributed by atoms with Gasteiger partial charge in [0.05, 0.1) is 13.3 Å². The summed E-state index contributed by atoms with van der Waals surface area (Å²) in [4.78, 5) is 23.2. The quantitative estimate of drug-likeness (QED) is 0.396. The average molecular weight is 436 g/mol. The van der Waals surface area contributed by atoms with E-state index >= 15 is 0 Å². The van der Waals surface area contributed by atoms with Crippen LogP contribution in [0.25, 0.3) is 0 Å². The Hall–Kier alpha value is -2.77. The maximum absolute atomic E-state index is 11.6. The highest BCUT2D eigenvalue weighted by Crippen LogP contribution is 2.29. The van der Waals surface area contributed by atoms with Gasteiger partial charge in [0.15, 0.2) is 11.5 Å². The molecule has 0 aliphatic heterocycles. The van der Waals surface area contributed by atoms with Gasteiger partial charge in [-0.1, -0.05) is 29.3 Å². The number of rotatable bonds is 7. The van der Waals surface area contributed by atoms with Gasteiger partial charge in [-0.05, 0) is 48.7 Å². The number of hydrazone groups is 1. The molecular weight excluding hydrogens is 417 g/mol. The molecule has 3 rings (SSSR count). The summed E-state index contributed by atoms with van der Waals surface area (Å²) >= 11 is 12.1. The molecule has 0 spiro atoms. The van der Waals surface area contributed by atoms with Crippen LogP contribution in [0.2, 0.25) is 10.0 Å². The number of nitrogens with one attached hydrogen (secondary N) is 2. The molecule has 1 aliphatic rings. The Kier molecular flexibility index (Phi) is 6.95. The molecule has 0 saturated heterocycles. The highest BCUT2D eigenvalue weighted by Gasteiger charge is 2.26. The summed E-state index contributed by atoms with van der Waals surface area (Å²) in [6, 6.07) is 10.4. The first-order valence-corrected chi connectivity index (χ1v) is 9.60. The van der Waals surface area contributed by atoms with Crippen molar-refractivity contribution in [1.29, 1.82) is 0 Å². The SMILES string of the molecule is COc1cc(/C=N\NC(=O)C(=O)NC2CC2)ccc1OCc1ccc(Cl)cc1Cl. The molecule has 0 bridgehead atoms. The Balaban J connectivity index is 1.58. The van der Waals surface area contributed by atoms with E-state index in [-0.39, 0.29) is 12.6 Å². The summed E-state index contributed by atoms with van der Waals surface area (Å²) in [5, 5.41) is 7.45. The predicted molar refractivity (Wildman–Crippen MR) is 111 cm³/mol. The number of amides is 2. The van der Waals surface area contributed by atoms with Crippen molar-refractivity contribution in [3.8, 4) is 11.5 Å². The predicted octanol–water partition coefficient (Wildman–Crippen LogP) is 3.31. The first-order valence-electron chi connectivity index (χ1n) is 8.85. The maximum Gasteiger partial charge on any atom is 0.329 e. The molecule has 2 aromatic rings. The molecule has 0 unspecified atom stereocenters. The van der Waals surface area contributed by atoms with Gasteiger partial charge in [0.25, 0.3) is 0 Å². The zero-order valence-corrected chi connectivity index (χ0v) is 17.1. The van der Waals surface area contributed by atoms with E-state index in [0.717, 1.165) is 18.4 Å². The van der Waals surface area contributed by atoms with Gasteiger partial charge in [0.2, 0.25) is 0 Å². The zero-order chi connectivity index (χ0) is 20.8. The Morgan fingerprint density at radius 1 is 1.14 bits per heavy atom. The van der Waals surface area contributed by atoms with Crippen LogP contribution >= 0.6 is 23.2 Å². The first kappa shape index (κ1) is 21.0. The molecular formula is C20H19Cl2N3O4. The number of hydrogen-bond acceptors (Lipinski definition) is 5. The standard InChI is InChI=1S/C20H19Cl2N3O4/c1-28-18-8-12(10-23-25-20(27)19(26)24-15-5-6-15)2-7-17(18)29-11-13-3-4-14(21)9-16(13)22/h2-4,7-10,15H,5-6,11H2,1H3,(H,24,26)(H,25,27)/b23-10-. The summed E-state index contributed by atoms with van der Waals surface area (Å²) in [6.45, 7) is 0.242. The maximum atomic E-state index is 11.6. The Morgan fingerprint density at radius 2 is 1.93 bits per heavy atom. The molecule has 0 radical (unpaired) electrons. The van der Waals surface area contributed by atoms with Crippen LogP contribution in [0.5, 0.6) is 11.5 Å². The molecule has 7 nitrogen and oxygen atoms in total. The highest BCUT2D eigenvalue weighted by molar-refractivity contribution is 6.35. The van der Waals surface area contributed by atoms with Gasteiger partial charge in [-0.15, -0.1) is 0 Å². The second-order valence-electron chi connectivity index (χ2n) is 6.38. The lowest BCUT2D eigenvalue weighted by atomic mass is 10.2. The van der Waals surface area contributed by atoms with Crippen molar-refractivity contribution in [3.05, 3.63) is 57.6 Å². The molecule has 0 atom stereocenters. The lowest BCUT2D eigenvalue weighted by Gasteiger charge is -2.12. The normalized spacial score (nSPS) is 13.2. The van der Waals surface area contributed by atoms with Crippen molar-refractivity contribution < 1.29 is 19.1 Å². The molecule has 1 fully saturated rings. The number of ether oxygens (including phenoxy) is 2. The van der Waals surface area contributed by atoms with Crippen molar-refractivity contribution in [1.82, 2.24) is 10.7 Å². The van der Waals surface area contributed by atoms with Gasteiger partial charge in [0, 0.05) is 21.7 Å². The largest absolute Gasteiger partial charge is 0.493 e. The Morgan fingerprint density at radius 3 is 2.62 bits per heavy atom. The van der Waals surface area contributed by atoms with Crippen LogP contribution in [0.3, 0.4) is 0 Å². The van der Waals surface area contributed by atoms with E-state index in [0.29, 0.717) is 27.1 Å². The summed E-state index contributed by atoms with van der Waals surface area (Å²) in [5.74, 6) is -0.493. The van der Waals surface area contributed by atoms with E-state index in [1.165, 1.54) is 13.3 Å². The van der Waals surface area contributed by atoms with Crippen LogP contribution in [0.4, 0.5) is 0 Å². The van der Waals surface area contributed by atoms with Crippen LogP contribution in [-0.4, -0.2) is 31.2 Å². The van der Waals surface area contributed by atoms with Crippen molar-refractivity contribution in [2.75, 3.05) is 7.11 Å². The van der Waals surface area contributed by atoms with Crippen molar-refractivity contribution >= 4 is 41.2 Å². The molecule has 29 heavy (non-hydrogen) atoms. The third-order valence-corrected chi connectivity index (χ3v) is 4.67. The molecule has 0 heterocycles. The number of carbonyl (C=O) groups excluding carboxylic acids is 2. The molecule has 2 aromatic carbocycles. The number of carbonyl (C=O) groups is 2. The van der Waals surface area contributed by atoms with Crippen LogP contribution < -0.4 is 20.2 Å². The monoisotopic (exact) mass is 435 g/mol. The molecule has 152 valence electrons. The number of benzene rings is 2. The topological polar surface area (TPSA) is 89.0 Å². The lowest BCUT2D eigenvalue weighted by Crippen LogP contribution is -2.38. The minimum absolute atomic E-state index is 0.108. The van der Waals surface area contributed by atoms with Crippen LogP contribution in [0.15, 0.2) is 41.5 Å². The van der Waals surface area contributed by atoms with E-state index in [9.17, 15) is 9.59 Å². The fourth-order valence-electron chi connectivity index (χ4n) is 2.37. The molecule has 0 aromatic heterocycles. The van der Waals surface area contributed by atoms with Gasteiger partial charge in [0.1, 0.15) is 6.61 Å². The van der Waals surface area contributed by atoms with E-state index in [2.05, 4.69) is 15.8 Å². The minimum atomic E-state index is -0.806. The Bertz CT molecular complexity index is 945. The van der Waals surface area contributed by atoms with Crippen molar-refractivity contribution in [3.63, 3.8) is 0 Å². The Labute approximate surface area is 178 Å². The van der Waals surface area contributed by atoms with Crippen molar-refractivity contribution in [2.45, 2.75) is 25.5 Å². The van der Waals surface area contributed by atoms with Gasteiger partial charge in [-0.25, -0.2) is 5.43 Å². The van der Waals surface area contributed by atoms with E-state index in [4.69, 9.17) is 32.7 Å². The third kappa shape index (κ3) is 6.10. The van der Waals surface area contributed by atoms with Gasteiger partial charge < -0.3 is 14.8 Å². The minimum Gasteiger partial charge on any atom is -0.493 e. The van der Waals surface area contributed by atoms with E-state index in [1.807, 2.05) is 0 Å². The molecule has 9 heteroatoms. The van der Waals surface area contributed by atoms with Crippen LogP contribution in [0.1, 0.15) is 24.0 Å². The van der Waals surface area contributed by atoms with Crippen LogP contribution in [-0.2, 0) is 16.2 Å². The number of halogens is 2. The molecule has 2 amide bonds. The van der Waals surface area contributed by atoms with Gasteiger partial charge in [-0.3, -0.25) is 9.59 Å². The fourth-order valence-corrected chi connectivity index (χ4v) is 2.84.